The Kier molecular flexibility index (Phi) is 4.65. The van der Waals surface area contributed by atoms with Crippen LogP contribution in [0, 0.1) is 0 Å². The second kappa shape index (κ2) is 7.23. The molecule has 4 rings (SSSR count). The minimum absolute atomic E-state index is 0.0261. The van der Waals surface area contributed by atoms with Crippen molar-refractivity contribution in [2.24, 2.45) is 0 Å². The maximum Gasteiger partial charge on any atom is 0.251 e. The molecule has 0 aliphatic heterocycles. The smallest absolute Gasteiger partial charge is 0.251 e. The Morgan fingerprint density at radius 2 is 1.88 bits per heavy atom. The lowest BCUT2D eigenvalue weighted by Crippen LogP contribution is -2.36. The Balaban J connectivity index is 1.45. The molecule has 0 unspecified atom stereocenters. The Bertz CT molecular complexity index is 830. The summed E-state index contributed by atoms with van der Waals surface area (Å²) in [5, 5.41) is 9.82. The van der Waals surface area contributed by atoms with Crippen LogP contribution in [0.15, 0.2) is 54.0 Å². The van der Waals surface area contributed by atoms with Gasteiger partial charge in [-0.2, -0.15) is 5.10 Å². The number of rotatable bonds is 4. The van der Waals surface area contributed by atoms with Crippen molar-refractivity contribution < 1.29 is 4.79 Å². The van der Waals surface area contributed by atoms with Crippen molar-refractivity contribution in [3.8, 4) is 16.3 Å². The zero-order valence-electron chi connectivity index (χ0n) is 14.0. The van der Waals surface area contributed by atoms with E-state index in [1.807, 2.05) is 52.7 Å². The molecule has 128 valence electrons. The molecule has 0 bridgehead atoms. The van der Waals surface area contributed by atoms with Crippen molar-refractivity contribution >= 4 is 17.2 Å². The number of hydrogen-bond acceptors (Lipinski definition) is 3. The second-order valence-electron chi connectivity index (χ2n) is 6.48. The van der Waals surface area contributed by atoms with Crippen LogP contribution in [0.3, 0.4) is 0 Å². The van der Waals surface area contributed by atoms with Crippen LogP contribution < -0.4 is 5.32 Å². The first kappa shape index (κ1) is 16.1. The molecule has 0 radical (unpaired) electrons. The lowest BCUT2D eigenvalue weighted by atomic mass is 9.95. The number of carbonyl (C=O) groups excluding carboxylic acids is 1. The van der Waals surface area contributed by atoms with Crippen LogP contribution in [0.1, 0.15) is 42.5 Å². The SMILES string of the molecule is O=C(NC1CCCCC1)c1ccc(-n2ccc(-c3cccs3)n2)cc1. The van der Waals surface area contributed by atoms with Gasteiger partial charge in [0.1, 0.15) is 5.69 Å². The molecule has 5 heteroatoms. The predicted octanol–water partition coefficient (Wildman–Crippen LogP) is 4.66. The molecular formula is C20H21N3OS. The molecular weight excluding hydrogens is 330 g/mol. The fourth-order valence-electron chi connectivity index (χ4n) is 3.30. The van der Waals surface area contributed by atoms with Gasteiger partial charge in [-0.15, -0.1) is 11.3 Å². The Morgan fingerprint density at radius 1 is 1.08 bits per heavy atom. The van der Waals surface area contributed by atoms with Gasteiger partial charge < -0.3 is 5.32 Å². The van der Waals surface area contributed by atoms with Gasteiger partial charge >= 0.3 is 0 Å². The van der Waals surface area contributed by atoms with Crippen molar-refractivity contribution in [1.82, 2.24) is 15.1 Å². The summed E-state index contributed by atoms with van der Waals surface area (Å²) in [5.74, 6) is 0.0261. The first-order valence-corrected chi connectivity index (χ1v) is 9.68. The second-order valence-corrected chi connectivity index (χ2v) is 7.43. The summed E-state index contributed by atoms with van der Waals surface area (Å²) in [4.78, 5) is 13.5. The molecule has 1 amide bonds. The van der Waals surface area contributed by atoms with Gasteiger partial charge in [0.2, 0.25) is 0 Å². The molecule has 0 atom stereocenters. The maximum absolute atomic E-state index is 12.4. The average Bonchev–Trinajstić information content (AvgIpc) is 3.34. The van der Waals surface area contributed by atoms with Gasteiger partial charge in [0.25, 0.3) is 5.91 Å². The molecule has 1 fully saturated rings. The van der Waals surface area contributed by atoms with Crippen LogP contribution in [0.5, 0.6) is 0 Å². The van der Waals surface area contributed by atoms with Crippen LogP contribution in [-0.2, 0) is 0 Å². The summed E-state index contributed by atoms with van der Waals surface area (Å²) < 4.78 is 1.85. The van der Waals surface area contributed by atoms with Crippen molar-refractivity contribution in [2.75, 3.05) is 0 Å². The zero-order chi connectivity index (χ0) is 17.1. The lowest BCUT2D eigenvalue weighted by Gasteiger charge is -2.22. The van der Waals surface area contributed by atoms with Crippen molar-refractivity contribution in [2.45, 2.75) is 38.1 Å². The highest BCUT2D eigenvalue weighted by Crippen LogP contribution is 2.23. The molecule has 0 spiro atoms. The van der Waals surface area contributed by atoms with Crippen LogP contribution in [0.25, 0.3) is 16.3 Å². The highest BCUT2D eigenvalue weighted by molar-refractivity contribution is 7.13. The number of nitrogens with zero attached hydrogens (tertiary/aromatic N) is 2. The third kappa shape index (κ3) is 3.66. The van der Waals surface area contributed by atoms with Crippen molar-refractivity contribution in [3.63, 3.8) is 0 Å². The summed E-state index contributed by atoms with van der Waals surface area (Å²) in [5.41, 5.74) is 2.63. The fourth-order valence-corrected chi connectivity index (χ4v) is 4.00. The summed E-state index contributed by atoms with van der Waals surface area (Å²) >= 11 is 1.68. The van der Waals surface area contributed by atoms with Gasteiger partial charge in [0.05, 0.1) is 10.6 Å². The van der Waals surface area contributed by atoms with Gasteiger partial charge in [-0.1, -0.05) is 25.3 Å². The van der Waals surface area contributed by atoms with E-state index in [0.29, 0.717) is 11.6 Å². The molecule has 2 heterocycles. The van der Waals surface area contributed by atoms with Gasteiger partial charge in [0.15, 0.2) is 0 Å². The van der Waals surface area contributed by atoms with Crippen LogP contribution >= 0.6 is 11.3 Å². The first-order chi connectivity index (χ1) is 12.3. The van der Waals surface area contributed by atoms with Crippen LogP contribution in [-0.4, -0.2) is 21.7 Å². The molecule has 3 aromatic rings. The van der Waals surface area contributed by atoms with E-state index >= 15 is 0 Å². The topological polar surface area (TPSA) is 46.9 Å². The third-order valence-corrected chi connectivity index (χ3v) is 5.59. The van der Waals surface area contributed by atoms with E-state index in [4.69, 9.17) is 0 Å². The first-order valence-electron chi connectivity index (χ1n) is 8.80. The van der Waals surface area contributed by atoms with Crippen LogP contribution in [0.2, 0.25) is 0 Å². The van der Waals surface area contributed by atoms with Gasteiger partial charge in [-0.25, -0.2) is 4.68 Å². The molecule has 1 saturated carbocycles. The summed E-state index contributed by atoms with van der Waals surface area (Å²) in [7, 11) is 0. The van der Waals surface area contributed by atoms with E-state index in [-0.39, 0.29) is 5.91 Å². The Morgan fingerprint density at radius 3 is 2.60 bits per heavy atom. The number of nitrogens with one attached hydrogen (secondary N) is 1. The van der Waals surface area contributed by atoms with Gasteiger partial charge in [0, 0.05) is 17.8 Å². The molecule has 1 N–H and O–H groups in total. The number of thiophene rings is 1. The van der Waals surface area contributed by atoms with E-state index in [1.165, 1.54) is 19.3 Å². The molecule has 4 nitrogen and oxygen atoms in total. The monoisotopic (exact) mass is 351 g/mol. The van der Waals surface area contributed by atoms with Crippen molar-refractivity contribution in [1.29, 1.82) is 0 Å². The summed E-state index contributed by atoms with van der Waals surface area (Å²) in [6.45, 7) is 0. The minimum atomic E-state index is 0.0261. The molecule has 1 aliphatic carbocycles. The van der Waals surface area contributed by atoms with Gasteiger partial charge in [-0.3, -0.25) is 4.79 Å². The van der Waals surface area contributed by atoms with E-state index in [0.717, 1.165) is 29.1 Å². The number of benzene rings is 1. The molecule has 2 aromatic heterocycles. The number of amides is 1. The van der Waals surface area contributed by atoms with Crippen LogP contribution in [0.4, 0.5) is 0 Å². The van der Waals surface area contributed by atoms with Gasteiger partial charge in [-0.05, 0) is 54.6 Å². The highest BCUT2D eigenvalue weighted by atomic mass is 32.1. The van der Waals surface area contributed by atoms with E-state index in [2.05, 4.69) is 16.5 Å². The zero-order valence-corrected chi connectivity index (χ0v) is 14.8. The van der Waals surface area contributed by atoms with E-state index < -0.39 is 0 Å². The number of carbonyl (C=O) groups is 1. The third-order valence-electron chi connectivity index (χ3n) is 4.70. The van der Waals surface area contributed by atoms with E-state index in [9.17, 15) is 4.79 Å². The molecule has 1 aromatic carbocycles. The molecule has 1 aliphatic rings. The molecule has 0 saturated heterocycles. The van der Waals surface area contributed by atoms with E-state index in [1.54, 1.807) is 11.3 Å². The Labute approximate surface area is 151 Å². The van der Waals surface area contributed by atoms with Crippen molar-refractivity contribution in [3.05, 3.63) is 59.6 Å². The minimum Gasteiger partial charge on any atom is -0.349 e. The fraction of sp³-hybridized carbons (Fsp3) is 0.300. The standard InChI is InChI=1S/C20H21N3OS/c24-20(21-16-5-2-1-3-6-16)15-8-10-17(11-9-15)23-13-12-18(22-23)19-7-4-14-25-19/h4,7-14,16H,1-3,5-6H2,(H,21,24). The molecule has 25 heavy (non-hydrogen) atoms. The number of hydrogen-bond donors (Lipinski definition) is 1. The Hall–Kier alpha value is -2.40. The largest absolute Gasteiger partial charge is 0.349 e. The quantitative estimate of drug-likeness (QED) is 0.743. The maximum atomic E-state index is 12.4. The summed E-state index contributed by atoms with van der Waals surface area (Å²) in [6.07, 6.45) is 7.88. The normalized spacial score (nSPS) is 15.2. The summed E-state index contributed by atoms with van der Waals surface area (Å²) in [6, 6.07) is 14.1. The lowest BCUT2D eigenvalue weighted by molar-refractivity contribution is 0.0927. The highest BCUT2D eigenvalue weighted by Gasteiger charge is 2.16. The average molecular weight is 351 g/mol. The predicted molar refractivity (Wildman–Crippen MR) is 101 cm³/mol. The number of aromatic nitrogens is 2.